The minimum Gasteiger partial charge on any atom is -0.413 e. The van der Waals surface area contributed by atoms with E-state index in [1.54, 1.807) is 12.1 Å². The Labute approximate surface area is 237 Å². The van der Waals surface area contributed by atoms with Crippen LogP contribution in [0.3, 0.4) is 0 Å². The highest BCUT2D eigenvalue weighted by Gasteiger charge is 2.38. The van der Waals surface area contributed by atoms with Gasteiger partial charge < -0.3 is 13.6 Å². The van der Waals surface area contributed by atoms with Gasteiger partial charge in [0.1, 0.15) is 0 Å². The lowest BCUT2D eigenvalue weighted by Gasteiger charge is -2.14. The van der Waals surface area contributed by atoms with Crippen LogP contribution in [-0.2, 0) is 6.18 Å². The Morgan fingerprint density at radius 3 is 1.71 bits per heavy atom. The van der Waals surface area contributed by atoms with Crippen molar-refractivity contribution < 1.29 is 17.6 Å². The van der Waals surface area contributed by atoms with E-state index in [4.69, 9.17) is 4.42 Å². The van der Waals surface area contributed by atoms with E-state index >= 15 is 0 Å². The molecule has 8 rings (SSSR count). The summed E-state index contributed by atoms with van der Waals surface area (Å²) in [6.45, 7) is 2.08. The van der Waals surface area contributed by atoms with Gasteiger partial charge in [-0.25, -0.2) is 0 Å². The van der Waals surface area contributed by atoms with Crippen molar-refractivity contribution in [2.24, 2.45) is 0 Å². The number of aromatic nitrogens is 4. The molecule has 0 bridgehead atoms. The van der Waals surface area contributed by atoms with Gasteiger partial charge in [-0.15, -0.1) is 10.2 Å². The van der Waals surface area contributed by atoms with Gasteiger partial charge in [-0.05, 0) is 55.0 Å². The highest BCUT2D eigenvalue weighted by atomic mass is 19.4. The molecule has 0 unspecified atom stereocenters. The van der Waals surface area contributed by atoms with Crippen LogP contribution in [0.2, 0.25) is 0 Å². The van der Waals surface area contributed by atoms with E-state index in [1.165, 1.54) is 0 Å². The van der Waals surface area contributed by atoms with Gasteiger partial charge in [-0.1, -0.05) is 66.7 Å². The van der Waals surface area contributed by atoms with E-state index < -0.39 is 12.1 Å². The summed E-state index contributed by atoms with van der Waals surface area (Å²) in [6, 6.07) is 36.1. The maximum absolute atomic E-state index is 13.5. The van der Waals surface area contributed by atoms with Gasteiger partial charge in [-0.3, -0.25) is 0 Å². The quantitative estimate of drug-likeness (QED) is 0.217. The second-order valence-corrected chi connectivity index (χ2v) is 10.3. The topological polar surface area (TPSA) is 48.8 Å². The van der Waals surface area contributed by atoms with Crippen molar-refractivity contribution in [3.63, 3.8) is 0 Å². The fraction of sp³-hybridized carbons (Fsp3) is 0.0588. The number of rotatable bonds is 3. The summed E-state index contributed by atoms with van der Waals surface area (Å²) in [6.07, 6.45) is -4.75. The molecule has 204 valence electrons. The molecular weight excluding hydrogens is 537 g/mol. The zero-order valence-electron chi connectivity index (χ0n) is 22.2. The lowest BCUT2D eigenvalue weighted by Crippen LogP contribution is -2.04. The van der Waals surface area contributed by atoms with Gasteiger partial charge in [0.15, 0.2) is 0 Å². The van der Waals surface area contributed by atoms with Gasteiger partial charge in [0, 0.05) is 38.5 Å². The van der Waals surface area contributed by atoms with Crippen molar-refractivity contribution >= 4 is 43.6 Å². The Balaban J connectivity index is 1.49. The third-order valence-electron chi connectivity index (χ3n) is 7.82. The zero-order chi connectivity index (χ0) is 28.6. The van der Waals surface area contributed by atoms with E-state index in [2.05, 4.69) is 68.7 Å². The van der Waals surface area contributed by atoms with Crippen LogP contribution in [0, 0.1) is 6.92 Å². The molecule has 0 atom stereocenters. The molecule has 5 nitrogen and oxygen atoms in total. The first kappa shape index (κ1) is 24.4. The molecule has 0 aliphatic heterocycles. The molecule has 0 amide bonds. The van der Waals surface area contributed by atoms with Crippen molar-refractivity contribution in [3.05, 3.63) is 121 Å². The van der Waals surface area contributed by atoms with Crippen molar-refractivity contribution in [1.82, 2.24) is 19.3 Å². The highest BCUT2D eigenvalue weighted by Crippen LogP contribution is 2.39. The smallest absolute Gasteiger partial charge is 0.413 e. The summed E-state index contributed by atoms with van der Waals surface area (Å²) in [5.41, 5.74) is 6.94. The van der Waals surface area contributed by atoms with Gasteiger partial charge in [-0.2, -0.15) is 13.2 Å². The molecule has 0 spiro atoms. The van der Waals surface area contributed by atoms with Crippen molar-refractivity contribution in [2.75, 3.05) is 0 Å². The van der Waals surface area contributed by atoms with E-state index in [9.17, 15) is 13.2 Å². The largest absolute Gasteiger partial charge is 0.470 e. The predicted octanol–water partition coefficient (Wildman–Crippen LogP) is 9.26. The maximum Gasteiger partial charge on any atom is 0.470 e. The first-order valence-corrected chi connectivity index (χ1v) is 13.4. The third-order valence-corrected chi connectivity index (χ3v) is 7.82. The number of aryl methyl sites for hydroxylation is 1. The fourth-order valence-corrected chi connectivity index (χ4v) is 6.11. The number of benzene rings is 5. The molecule has 8 aromatic rings. The van der Waals surface area contributed by atoms with Crippen LogP contribution in [0.1, 0.15) is 11.5 Å². The van der Waals surface area contributed by atoms with E-state index in [-0.39, 0.29) is 5.89 Å². The van der Waals surface area contributed by atoms with Gasteiger partial charge in [0.2, 0.25) is 5.89 Å². The van der Waals surface area contributed by atoms with Crippen molar-refractivity contribution in [2.45, 2.75) is 13.1 Å². The molecule has 0 aliphatic rings. The second-order valence-electron chi connectivity index (χ2n) is 10.3. The standard InChI is InChI=1S/C34H21F3N4O/c1-20-9-8-16-30-31(20)26-12-4-7-15-29(26)41(30)23-18-21(32-38-39-33(42-32)34(35,36)37)17-22(19-23)40-27-13-5-2-10-24(27)25-11-3-6-14-28(25)40/h2-19H,1H3. The van der Waals surface area contributed by atoms with E-state index in [0.717, 1.165) is 60.5 Å². The zero-order valence-corrected chi connectivity index (χ0v) is 22.2. The number of hydrogen-bond acceptors (Lipinski definition) is 3. The summed E-state index contributed by atoms with van der Waals surface area (Å²) >= 11 is 0. The number of halogens is 3. The molecule has 3 heterocycles. The number of para-hydroxylation sites is 3. The number of alkyl halides is 3. The minimum atomic E-state index is -4.75. The Morgan fingerprint density at radius 2 is 1.12 bits per heavy atom. The molecule has 0 aliphatic carbocycles. The summed E-state index contributed by atoms with van der Waals surface area (Å²) in [5, 5.41) is 11.5. The summed E-state index contributed by atoms with van der Waals surface area (Å²) < 4.78 is 49.8. The van der Waals surface area contributed by atoms with Crippen LogP contribution in [0.5, 0.6) is 0 Å². The molecule has 0 saturated carbocycles. The molecule has 42 heavy (non-hydrogen) atoms. The third kappa shape index (κ3) is 3.58. The normalized spacial score (nSPS) is 12.3. The minimum absolute atomic E-state index is 0.205. The molecule has 0 N–H and O–H groups in total. The van der Waals surface area contributed by atoms with Gasteiger partial charge in [0.25, 0.3) is 0 Å². The number of fused-ring (bicyclic) bond motifs is 6. The molecule has 8 heteroatoms. The fourth-order valence-electron chi connectivity index (χ4n) is 6.11. The average Bonchev–Trinajstić information content (AvgIpc) is 3.70. The molecule has 5 aromatic carbocycles. The molecular formula is C34H21F3N4O. The second kappa shape index (κ2) is 8.81. The first-order valence-electron chi connectivity index (χ1n) is 13.4. The Kier molecular flexibility index (Phi) is 5.13. The van der Waals surface area contributed by atoms with E-state index in [0.29, 0.717) is 5.56 Å². The lowest BCUT2D eigenvalue weighted by atomic mass is 10.1. The van der Waals surface area contributed by atoms with Crippen molar-refractivity contribution in [1.29, 1.82) is 0 Å². The SMILES string of the molecule is Cc1cccc2c1c1ccccc1n2-c1cc(-c2nnc(C(F)(F)F)o2)cc(-n2c3ccccc3c3ccccc32)c1. The van der Waals surface area contributed by atoms with Crippen molar-refractivity contribution in [3.8, 4) is 22.8 Å². The summed E-state index contributed by atoms with van der Waals surface area (Å²) in [5.74, 6) is -1.59. The Bertz CT molecular complexity index is 2270. The molecule has 3 aromatic heterocycles. The molecule has 0 fully saturated rings. The van der Waals surface area contributed by atoms with E-state index in [1.807, 2.05) is 54.6 Å². The van der Waals surface area contributed by atoms with Crippen LogP contribution in [0.15, 0.2) is 114 Å². The molecule has 0 saturated heterocycles. The highest BCUT2D eigenvalue weighted by molar-refractivity contribution is 6.11. The lowest BCUT2D eigenvalue weighted by molar-refractivity contribution is -0.156. The van der Waals surface area contributed by atoms with Crippen LogP contribution < -0.4 is 0 Å². The summed E-state index contributed by atoms with van der Waals surface area (Å²) in [4.78, 5) is 0. The molecule has 0 radical (unpaired) electrons. The average molecular weight is 559 g/mol. The Morgan fingerprint density at radius 1 is 0.595 bits per heavy atom. The number of hydrogen-bond donors (Lipinski definition) is 0. The first-order chi connectivity index (χ1) is 20.4. The maximum atomic E-state index is 13.5. The summed E-state index contributed by atoms with van der Waals surface area (Å²) in [7, 11) is 0. The van der Waals surface area contributed by atoms with Crippen LogP contribution >= 0.6 is 0 Å². The van der Waals surface area contributed by atoms with Gasteiger partial charge >= 0.3 is 12.1 Å². The number of nitrogens with zero attached hydrogens (tertiary/aromatic N) is 4. The van der Waals surface area contributed by atoms with Crippen LogP contribution in [-0.4, -0.2) is 19.3 Å². The van der Waals surface area contributed by atoms with Crippen LogP contribution in [0.25, 0.3) is 66.4 Å². The monoisotopic (exact) mass is 558 g/mol. The van der Waals surface area contributed by atoms with Gasteiger partial charge in [0.05, 0.1) is 22.1 Å². The van der Waals surface area contributed by atoms with Crippen LogP contribution in [0.4, 0.5) is 13.2 Å². The predicted molar refractivity (Wildman–Crippen MR) is 158 cm³/mol. The Hall–Kier alpha value is -5.37.